The average molecular weight is 485 g/mol. The van der Waals surface area contributed by atoms with Gasteiger partial charge in [0.1, 0.15) is 11.6 Å². The van der Waals surface area contributed by atoms with Crippen LogP contribution in [0.4, 0.5) is 11.6 Å². The number of hydrogen-bond acceptors (Lipinski definition) is 10. The number of methoxy groups -OCH3 is 2. The number of ether oxygens (including phenoxy) is 3. The van der Waals surface area contributed by atoms with Crippen molar-refractivity contribution in [1.29, 1.82) is 0 Å². The third-order valence-corrected chi connectivity index (χ3v) is 6.77. The molecule has 35 heavy (non-hydrogen) atoms. The third kappa shape index (κ3) is 6.29. The van der Waals surface area contributed by atoms with Crippen molar-refractivity contribution in [3.63, 3.8) is 0 Å². The summed E-state index contributed by atoms with van der Waals surface area (Å²) in [6.07, 6.45) is 12.8. The van der Waals surface area contributed by atoms with Crippen LogP contribution >= 0.6 is 0 Å². The summed E-state index contributed by atoms with van der Waals surface area (Å²) in [7, 11) is 3.08. The lowest BCUT2D eigenvalue weighted by atomic mass is 9.93. The van der Waals surface area contributed by atoms with Crippen molar-refractivity contribution in [1.82, 2.24) is 19.9 Å². The van der Waals surface area contributed by atoms with Crippen LogP contribution in [0.5, 0.6) is 12.0 Å². The maximum absolute atomic E-state index is 13.2. The van der Waals surface area contributed by atoms with Gasteiger partial charge in [-0.2, -0.15) is 9.97 Å². The molecular formula is C25H36N6O4. The standard InChI is InChI=1S/C25H36N6O4/c1-4-35-23(32)19(20-15-27-25(34-3)31-22(20)29-18-11-7-8-12-18)13-16-14-26-24(33-2)30-21(16)28-17-9-5-6-10-17/h14-15,17-19H,4-13H2,1-3H3,(H,26,28,30)(H,27,29,31). The first-order valence-electron chi connectivity index (χ1n) is 12.6. The molecule has 0 aromatic carbocycles. The van der Waals surface area contributed by atoms with Crippen molar-refractivity contribution in [2.24, 2.45) is 0 Å². The van der Waals surface area contributed by atoms with Gasteiger partial charge in [-0.15, -0.1) is 0 Å². The molecule has 1 atom stereocenters. The number of rotatable bonds is 11. The number of nitrogens with one attached hydrogen (secondary N) is 2. The normalized spacial score (nSPS) is 17.2. The minimum absolute atomic E-state index is 0.258. The lowest BCUT2D eigenvalue weighted by molar-refractivity contribution is -0.144. The second-order valence-corrected chi connectivity index (χ2v) is 9.15. The van der Waals surface area contributed by atoms with Gasteiger partial charge in [-0.3, -0.25) is 4.79 Å². The number of carbonyl (C=O) groups is 1. The average Bonchev–Trinajstić information content (AvgIpc) is 3.58. The molecule has 4 rings (SSSR count). The predicted octanol–water partition coefficient (Wildman–Crippen LogP) is 3.88. The summed E-state index contributed by atoms with van der Waals surface area (Å²) in [6, 6.07) is 1.20. The first-order valence-corrected chi connectivity index (χ1v) is 12.6. The zero-order chi connectivity index (χ0) is 24.6. The Morgan fingerprint density at radius 1 is 0.914 bits per heavy atom. The van der Waals surface area contributed by atoms with E-state index in [1.165, 1.54) is 32.8 Å². The Kier molecular flexibility index (Phi) is 8.54. The van der Waals surface area contributed by atoms with Crippen LogP contribution in [0.15, 0.2) is 12.4 Å². The van der Waals surface area contributed by atoms with E-state index < -0.39 is 5.92 Å². The zero-order valence-corrected chi connectivity index (χ0v) is 20.9. The number of carbonyl (C=O) groups excluding carboxylic acids is 1. The van der Waals surface area contributed by atoms with E-state index in [0.29, 0.717) is 41.7 Å². The molecule has 1 unspecified atom stereocenters. The van der Waals surface area contributed by atoms with E-state index in [2.05, 4.69) is 30.6 Å². The number of nitrogens with zero attached hydrogens (tertiary/aromatic N) is 4. The van der Waals surface area contributed by atoms with E-state index in [1.807, 2.05) is 0 Å². The van der Waals surface area contributed by atoms with E-state index in [1.54, 1.807) is 26.4 Å². The predicted molar refractivity (Wildman–Crippen MR) is 132 cm³/mol. The minimum Gasteiger partial charge on any atom is -0.467 e. The van der Waals surface area contributed by atoms with E-state index in [4.69, 9.17) is 14.2 Å². The summed E-state index contributed by atoms with van der Waals surface area (Å²) in [5, 5.41) is 7.09. The summed E-state index contributed by atoms with van der Waals surface area (Å²) >= 11 is 0. The maximum Gasteiger partial charge on any atom is 0.318 e. The highest BCUT2D eigenvalue weighted by Crippen LogP contribution is 2.33. The molecule has 2 aliphatic carbocycles. The van der Waals surface area contributed by atoms with Gasteiger partial charge in [-0.1, -0.05) is 25.7 Å². The highest BCUT2D eigenvalue weighted by molar-refractivity contribution is 5.81. The van der Waals surface area contributed by atoms with Crippen molar-refractivity contribution in [2.45, 2.75) is 82.7 Å². The smallest absolute Gasteiger partial charge is 0.318 e. The molecule has 0 saturated heterocycles. The Hall–Kier alpha value is -3.17. The molecule has 2 heterocycles. The summed E-state index contributed by atoms with van der Waals surface area (Å²) < 4.78 is 16.0. The van der Waals surface area contributed by atoms with E-state index in [-0.39, 0.29) is 18.6 Å². The van der Waals surface area contributed by atoms with Gasteiger partial charge in [0.05, 0.1) is 26.7 Å². The maximum atomic E-state index is 13.2. The molecule has 190 valence electrons. The van der Waals surface area contributed by atoms with Crippen LogP contribution in [0, 0.1) is 0 Å². The van der Waals surface area contributed by atoms with Crippen LogP contribution in [0.2, 0.25) is 0 Å². The molecule has 0 spiro atoms. The number of anilines is 2. The summed E-state index contributed by atoms with van der Waals surface area (Å²) in [5.41, 5.74) is 1.50. The SMILES string of the molecule is CCOC(=O)C(Cc1cnc(OC)nc1NC1CCCC1)c1cnc(OC)nc1NC1CCCC1. The second kappa shape index (κ2) is 12.0. The second-order valence-electron chi connectivity index (χ2n) is 9.15. The molecule has 0 amide bonds. The summed E-state index contributed by atoms with van der Waals surface area (Å²) in [4.78, 5) is 31.0. The van der Waals surface area contributed by atoms with Crippen LogP contribution in [0.1, 0.15) is 75.3 Å². The molecule has 2 fully saturated rings. The molecule has 2 aromatic rings. The van der Waals surface area contributed by atoms with Crippen LogP contribution in [-0.4, -0.2) is 58.8 Å². The lowest BCUT2D eigenvalue weighted by Gasteiger charge is -2.23. The van der Waals surface area contributed by atoms with Gasteiger partial charge in [0, 0.05) is 35.6 Å². The fourth-order valence-electron chi connectivity index (χ4n) is 4.92. The Morgan fingerprint density at radius 3 is 2.03 bits per heavy atom. The fraction of sp³-hybridized carbons (Fsp3) is 0.640. The van der Waals surface area contributed by atoms with Gasteiger partial charge in [0.2, 0.25) is 0 Å². The van der Waals surface area contributed by atoms with E-state index in [0.717, 1.165) is 31.2 Å². The largest absolute Gasteiger partial charge is 0.467 e. The van der Waals surface area contributed by atoms with Gasteiger partial charge in [-0.25, -0.2) is 9.97 Å². The van der Waals surface area contributed by atoms with Crippen molar-refractivity contribution >= 4 is 17.6 Å². The topological polar surface area (TPSA) is 120 Å². The Morgan fingerprint density at radius 2 is 1.46 bits per heavy atom. The summed E-state index contributed by atoms with van der Waals surface area (Å²) in [5.74, 6) is 0.337. The highest BCUT2D eigenvalue weighted by atomic mass is 16.5. The monoisotopic (exact) mass is 484 g/mol. The Bertz CT molecular complexity index is 992. The van der Waals surface area contributed by atoms with Gasteiger partial charge in [0.25, 0.3) is 0 Å². The third-order valence-electron chi connectivity index (χ3n) is 6.77. The Balaban J connectivity index is 1.68. The Labute approximate surface area is 206 Å². The number of aromatic nitrogens is 4. The van der Waals surface area contributed by atoms with Crippen LogP contribution in [0.25, 0.3) is 0 Å². The van der Waals surface area contributed by atoms with Crippen LogP contribution in [0.3, 0.4) is 0 Å². The molecule has 0 bridgehead atoms. The van der Waals surface area contributed by atoms with Gasteiger partial charge in [0.15, 0.2) is 0 Å². The fourth-order valence-corrected chi connectivity index (χ4v) is 4.92. The molecular weight excluding hydrogens is 448 g/mol. The number of hydrogen-bond donors (Lipinski definition) is 2. The molecule has 2 aliphatic rings. The zero-order valence-electron chi connectivity index (χ0n) is 20.9. The molecule has 2 aromatic heterocycles. The van der Waals surface area contributed by atoms with E-state index in [9.17, 15) is 4.79 Å². The van der Waals surface area contributed by atoms with Crippen molar-refractivity contribution < 1.29 is 19.0 Å². The van der Waals surface area contributed by atoms with Gasteiger partial charge in [-0.05, 0) is 39.0 Å². The molecule has 2 N–H and O–H groups in total. The number of esters is 1. The first kappa shape index (κ1) is 24.9. The van der Waals surface area contributed by atoms with Crippen molar-refractivity contribution in [3.8, 4) is 12.0 Å². The molecule has 10 heteroatoms. The first-order chi connectivity index (χ1) is 17.1. The molecule has 0 aliphatic heterocycles. The van der Waals surface area contributed by atoms with Crippen molar-refractivity contribution in [2.75, 3.05) is 31.5 Å². The highest BCUT2D eigenvalue weighted by Gasteiger charge is 2.30. The molecule has 10 nitrogen and oxygen atoms in total. The van der Waals surface area contributed by atoms with Gasteiger partial charge >= 0.3 is 18.0 Å². The van der Waals surface area contributed by atoms with Crippen LogP contribution in [-0.2, 0) is 16.0 Å². The quantitative estimate of drug-likeness (QED) is 0.455. The van der Waals surface area contributed by atoms with Gasteiger partial charge < -0.3 is 24.8 Å². The molecule has 0 radical (unpaired) electrons. The van der Waals surface area contributed by atoms with E-state index >= 15 is 0 Å². The minimum atomic E-state index is -0.633. The van der Waals surface area contributed by atoms with Crippen molar-refractivity contribution in [3.05, 3.63) is 23.5 Å². The lowest BCUT2D eigenvalue weighted by Crippen LogP contribution is -2.24. The van der Waals surface area contributed by atoms with Crippen LogP contribution < -0.4 is 20.1 Å². The summed E-state index contributed by atoms with van der Waals surface area (Å²) in [6.45, 7) is 2.09. The molecule has 2 saturated carbocycles.